The Morgan fingerprint density at radius 2 is 2.07 bits per heavy atom. The number of benzene rings is 1. The summed E-state index contributed by atoms with van der Waals surface area (Å²) in [5, 5.41) is 13.4. The predicted octanol–water partition coefficient (Wildman–Crippen LogP) is 1.57. The Hall–Kier alpha value is -2.10. The molecule has 0 N–H and O–H groups in total. The quantitative estimate of drug-likeness (QED) is 0.495. The van der Waals surface area contributed by atoms with Crippen LogP contribution in [-0.2, 0) is 0 Å². The normalized spacial score (nSPS) is 10.9. The molecule has 0 atom stereocenters. The van der Waals surface area contributed by atoms with Crippen molar-refractivity contribution in [1.82, 2.24) is 20.4 Å². The second kappa shape index (κ2) is 2.70. The zero-order valence-corrected chi connectivity index (χ0v) is 7.25. The average molecular weight is 182 g/mol. The van der Waals surface area contributed by atoms with Crippen molar-refractivity contribution in [2.24, 2.45) is 0 Å². The standard InChI is InChI=1S/C10H6N4/c1-2-8-9(11-5-1)4-3-7-6-12-14-13-10(7)8/h1-6H. The molecule has 0 radical (unpaired) electrons. The SMILES string of the molecule is c1cnc2ccc3cnnnc3c2c1. The maximum Gasteiger partial charge on any atom is 0.106 e. The van der Waals surface area contributed by atoms with Crippen LogP contribution in [-0.4, -0.2) is 20.4 Å². The molecule has 3 rings (SSSR count). The van der Waals surface area contributed by atoms with Gasteiger partial charge in [0, 0.05) is 17.0 Å². The molecule has 0 aliphatic heterocycles. The van der Waals surface area contributed by atoms with Gasteiger partial charge in [0.05, 0.1) is 11.7 Å². The molecule has 66 valence electrons. The summed E-state index contributed by atoms with van der Waals surface area (Å²) in [6, 6.07) is 7.79. The molecule has 0 aliphatic carbocycles. The minimum atomic E-state index is 0.852. The summed E-state index contributed by atoms with van der Waals surface area (Å²) in [5.74, 6) is 0. The van der Waals surface area contributed by atoms with Gasteiger partial charge in [-0.05, 0) is 29.5 Å². The molecule has 2 aromatic heterocycles. The highest BCUT2D eigenvalue weighted by molar-refractivity contribution is 6.02. The van der Waals surface area contributed by atoms with Gasteiger partial charge < -0.3 is 0 Å². The van der Waals surface area contributed by atoms with Crippen molar-refractivity contribution in [3.05, 3.63) is 36.7 Å². The largest absolute Gasteiger partial charge is 0.256 e. The van der Waals surface area contributed by atoms with Crippen LogP contribution in [0.3, 0.4) is 0 Å². The van der Waals surface area contributed by atoms with Gasteiger partial charge in [0.2, 0.25) is 0 Å². The highest BCUT2D eigenvalue weighted by Gasteiger charge is 2.01. The molecule has 0 spiro atoms. The molecular weight excluding hydrogens is 176 g/mol. The summed E-state index contributed by atoms with van der Waals surface area (Å²) in [7, 11) is 0. The van der Waals surface area contributed by atoms with Crippen molar-refractivity contribution in [2.75, 3.05) is 0 Å². The molecule has 4 nitrogen and oxygen atoms in total. The Morgan fingerprint density at radius 1 is 1.07 bits per heavy atom. The Kier molecular flexibility index (Phi) is 1.41. The molecule has 0 bridgehead atoms. The van der Waals surface area contributed by atoms with E-state index in [0.717, 1.165) is 21.8 Å². The van der Waals surface area contributed by atoms with E-state index in [1.807, 2.05) is 24.3 Å². The summed E-state index contributed by atoms with van der Waals surface area (Å²) < 4.78 is 0. The molecule has 0 saturated carbocycles. The summed E-state index contributed by atoms with van der Waals surface area (Å²) in [6.07, 6.45) is 3.47. The van der Waals surface area contributed by atoms with Crippen LogP contribution in [0.1, 0.15) is 0 Å². The van der Waals surface area contributed by atoms with E-state index in [-0.39, 0.29) is 0 Å². The first-order valence-corrected chi connectivity index (χ1v) is 4.27. The van der Waals surface area contributed by atoms with Gasteiger partial charge in [-0.15, -0.1) is 10.2 Å². The van der Waals surface area contributed by atoms with E-state index >= 15 is 0 Å². The van der Waals surface area contributed by atoms with Crippen LogP contribution >= 0.6 is 0 Å². The fourth-order valence-electron chi connectivity index (χ4n) is 1.53. The molecule has 0 aliphatic rings. The number of aromatic nitrogens is 4. The topological polar surface area (TPSA) is 51.6 Å². The smallest absolute Gasteiger partial charge is 0.106 e. The van der Waals surface area contributed by atoms with E-state index in [9.17, 15) is 0 Å². The Balaban J connectivity index is 2.61. The lowest BCUT2D eigenvalue weighted by molar-refractivity contribution is 0.897. The van der Waals surface area contributed by atoms with Crippen LogP contribution in [0.15, 0.2) is 36.7 Å². The lowest BCUT2D eigenvalue weighted by Gasteiger charge is -1.98. The van der Waals surface area contributed by atoms with Crippen LogP contribution in [0, 0.1) is 0 Å². The van der Waals surface area contributed by atoms with Gasteiger partial charge in [0.15, 0.2) is 0 Å². The third kappa shape index (κ3) is 0.939. The Labute approximate surface area is 79.6 Å². The predicted molar refractivity (Wildman–Crippen MR) is 52.6 cm³/mol. The number of hydrogen-bond donors (Lipinski definition) is 0. The molecule has 0 fully saturated rings. The van der Waals surface area contributed by atoms with Gasteiger partial charge in [-0.25, -0.2) is 0 Å². The maximum absolute atomic E-state index is 4.24. The minimum Gasteiger partial charge on any atom is -0.256 e. The van der Waals surface area contributed by atoms with E-state index in [4.69, 9.17) is 0 Å². The lowest BCUT2D eigenvalue weighted by atomic mass is 10.1. The van der Waals surface area contributed by atoms with Crippen molar-refractivity contribution >= 4 is 21.8 Å². The van der Waals surface area contributed by atoms with Gasteiger partial charge in [-0.1, -0.05) is 0 Å². The number of pyridine rings is 1. The second-order valence-corrected chi connectivity index (χ2v) is 3.01. The first-order valence-electron chi connectivity index (χ1n) is 4.27. The van der Waals surface area contributed by atoms with Crippen molar-refractivity contribution in [3.63, 3.8) is 0 Å². The highest BCUT2D eigenvalue weighted by atomic mass is 15.3. The van der Waals surface area contributed by atoms with Crippen LogP contribution in [0.25, 0.3) is 21.8 Å². The van der Waals surface area contributed by atoms with E-state index in [1.165, 1.54) is 0 Å². The van der Waals surface area contributed by atoms with E-state index in [2.05, 4.69) is 20.4 Å². The molecule has 14 heavy (non-hydrogen) atoms. The van der Waals surface area contributed by atoms with Crippen molar-refractivity contribution in [3.8, 4) is 0 Å². The molecule has 1 aromatic carbocycles. The highest BCUT2D eigenvalue weighted by Crippen LogP contribution is 2.19. The van der Waals surface area contributed by atoms with Gasteiger partial charge in [-0.3, -0.25) is 4.98 Å². The first kappa shape index (κ1) is 7.32. The van der Waals surface area contributed by atoms with Gasteiger partial charge in [-0.2, -0.15) is 0 Å². The van der Waals surface area contributed by atoms with Crippen LogP contribution in [0.2, 0.25) is 0 Å². The van der Waals surface area contributed by atoms with E-state index in [0.29, 0.717) is 0 Å². The number of rotatable bonds is 0. The van der Waals surface area contributed by atoms with Gasteiger partial charge >= 0.3 is 0 Å². The number of nitrogens with zero attached hydrogens (tertiary/aromatic N) is 4. The second-order valence-electron chi connectivity index (χ2n) is 3.01. The van der Waals surface area contributed by atoms with Crippen LogP contribution < -0.4 is 0 Å². The molecule has 4 heteroatoms. The fourth-order valence-corrected chi connectivity index (χ4v) is 1.53. The first-order chi connectivity index (χ1) is 6.95. The Bertz CT molecular complexity index is 551. The molecular formula is C10H6N4. The third-order valence-electron chi connectivity index (χ3n) is 2.18. The van der Waals surface area contributed by atoms with Crippen molar-refractivity contribution in [1.29, 1.82) is 0 Å². The number of hydrogen-bond acceptors (Lipinski definition) is 4. The monoisotopic (exact) mass is 182 g/mol. The molecule has 0 unspecified atom stereocenters. The van der Waals surface area contributed by atoms with Gasteiger partial charge in [0.25, 0.3) is 0 Å². The number of fused-ring (bicyclic) bond motifs is 3. The zero-order valence-electron chi connectivity index (χ0n) is 7.25. The third-order valence-corrected chi connectivity index (χ3v) is 2.18. The molecule has 0 saturated heterocycles. The lowest BCUT2D eigenvalue weighted by Crippen LogP contribution is -1.88. The molecule has 3 aromatic rings. The summed E-state index contributed by atoms with van der Waals surface area (Å²) in [5.41, 5.74) is 1.78. The van der Waals surface area contributed by atoms with Crippen molar-refractivity contribution < 1.29 is 0 Å². The molecule has 0 amide bonds. The Morgan fingerprint density at radius 3 is 3.07 bits per heavy atom. The molecule has 2 heterocycles. The van der Waals surface area contributed by atoms with Crippen LogP contribution in [0.4, 0.5) is 0 Å². The maximum atomic E-state index is 4.24. The van der Waals surface area contributed by atoms with Gasteiger partial charge in [0.1, 0.15) is 5.52 Å². The van der Waals surface area contributed by atoms with E-state index < -0.39 is 0 Å². The zero-order chi connectivity index (χ0) is 9.38. The summed E-state index contributed by atoms with van der Waals surface area (Å²) >= 11 is 0. The fraction of sp³-hybridized carbons (Fsp3) is 0. The van der Waals surface area contributed by atoms with E-state index in [1.54, 1.807) is 12.4 Å². The average Bonchev–Trinajstić information content (AvgIpc) is 2.29. The summed E-state index contributed by atoms with van der Waals surface area (Å²) in [4.78, 5) is 4.24. The van der Waals surface area contributed by atoms with Crippen LogP contribution in [0.5, 0.6) is 0 Å². The minimum absolute atomic E-state index is 0.852. The summed E-state index contributed by atoms with van der Waals surface area (Å²) in [6.45, 7) is 0. The van der Waals surface area contributed by atoms with Crippen molar-refractivity contribution in [2.45, 2.75) is 0 Å².